The first kappa shape index (κ1) is 23.5. The summed E-state index contributed by atoms with van der Waals surface area (Å²) in [6.07, 6.45) is 0. The van der Waals surface area contributed by atoms with Crippen LogP contribution in [0.2, 0.25) is 0 Å². The highest BCUT2D eigenvalue weighted by atomic mass is 16.5. The number of fused-ring (bicyclic) bond motifs is 2. The van der Waals surface area contributed by atoms with Gasteiger partial charge in [-0.25, -0.2) is 0 Å². The molecule has 0 bridgehead atoms. The van der Waals surface area contributed by atoms with Crippen molar-refractivity contribution in [3.8, 4) is 17.2 Å². The molecule has 0 N–H and O–H groups in total. The van der Waals surface area contributed by atoms with Gasteiger partial charge in [0, 0.05) is 53.6 Å². The summed E-state index contributed by atoms with van der Waals surface area (Å²) in [5.74, 6) is 1.25. The van der Waals surface area contributed by atoms with Gasteiger partial charge in [-0.2, -0.15) is 0 Å². The number of carbonyl (C=O) groups is 1. The molecule has 5 rings (SSSR count). The molecule has 1 amide bonds. The summed E-state index contributed by atoms with van der Waals surface area (Å²) in [7, 11) is 4.60. The number of amides is 1. The number of hydrogen-bond acceptors (Lipinski definition) is 6. The fourth-order valence-corrected chi connectivity index (χ4v) is 4.90. The zero-order valence-corrected chi connectivity index (χ0v) is 20.6. The number of methoxy groups -OCH3 is 3. The van der Waals surface area contributed by atoms with E-state index in [4.69, 9.17) is 14.2 Å². The van der Waals surface area contributed by atoms with Crippen molar-refractivity contribution in [3.05, 3.63) is 82.5 Å². The van der Waals surface area contributed by atoms with Gasteiger partial charge in [0.2, 0.25) is 5.75 Å². The van der Waals surface area contributed by atoms with Crippen molar-refractivity contribution < 1.29 is 19.0 Å². The standard InChI is InChI=1S/C29H28N2O5/c1-34-25-17-20(18-26(35-2)28(25)36-3)29(33)31-14-12-30(13-15-31)24-16-19-8-4-5-9-21(19)27(32)23-11-7-6-10-22(23)24/h4-11,16-18H,12-15H2,1-3H3. The first-order valence-corrected chi connectivity index (χ1v) is 11.8. The van der Waals surface area contributed by atoms with Crippen molar-refractivity contribution in [2.45, 2.75) is 0 Å². The second-order valence-electron chi connectivity index (χ2n) is 8.68. The third kappa shape index (κ3) is 4.06. The minimum atomic E-state index is -0.0929. The molecule has 0 aromatic heterocycles. The molecule has 4 aromatic rings. The first-order valence-electron chi connectivity index (χ1n) is 11.8. The van der Waals surface area contributed by atoms with Gasteiger partial charge in [-0.1, -0.05) is 48.5 Å². The summed E-state index contributed by atoms with van der Waals surface area (Å²) in [4.78, 5) is 30.7. The van der Waals surface area contributed by atoms with Crippen LogP contribution in [0.3, 0.4) is 0 Å². The average molecular weight is 485 g/mol. The largest absolute Gasteiger partial charge is 0.493 e. The highest BCUT2D eigenvalue weighted by Crippen LogP contribution is 2.38. The minimum Gasteiger partial charge on any atom is -0.493 e. The molecule has 0 aliphatic carbocycles. The van der Waals surface area contributed by atoms with E-state index in [1.807, 2.05) is 53.4 Å². The molecule has 1 saturated heterocycles. The van der Waals surface area contributed by atoms with Gasteiger partial charge >= 0.3 is 0 Å². The topological polar surface area (TPSA) is 68.3 Å². The second-order valence-corrected chi connectivity index (χ2v) is 8.68. The van der Waals surface area contributed by atoms with Crippen molar-refractivity contribution in [2.24, 2.45) is 0 Å². The Labute approximate surface area is 209 Å². The van der Waals surface area contributed by atoms with Gasteiger partial charge in [0.1, 0.15) is 0 Å². The van der Waals surface area contributed by atoms with Gasteiger partial charge in [0.05, 0.1) is 21.3 Å². The van der Waals surface area contributed by atoms with Gasteiger partial charge in [-0.3, -0.25) is 9.59 Å². The molecule has 1 fully saturated rings. The summed E-state index contributed by atoms with van der Waals surface area (Å²) < 4.78 is 16.2. The van der Waals surface area contributed by atoms with Crippen molar-refractivity contribution in [2.75, 3.05) is 52.4 Å². The van der Waals surface area contributed by atoms with E-state index >= 15 is 0 Å². The molecule has 0 spiro atoms. The predicted molar refractivity (Wildman–Crippen MR) is 142 cm³/mol. The van der Waals surface area contributed by atoms with Crippen LogP contribution in [-0.4, -0.2) is 58.3 Å². The maximum absolute atomic E-state index is 13.4. The number of nitrogens with zero attached hydrogens (tertiary/aromatic N) is 2. The van der Waals surface area contributed by atoms with Crippen molar-refractivity contribution in [1.82, 2.24) is 4.90 Å². The summed E-state index contributed by atoms with van der Waals surface area (Å²) in [6.45, 7) is 2.38. The lowest BCUT2D eigenvalue weighted by atomic mass is 10.1. The second kappa shape index (κ2) is 9.77. The highest BCUT2D eigenvalue weighted by Gasteiger charge is 2.26. The van der Waals surface area contributed by atoms with E-state index in [0.717, 1.165) is 16.5 Å². The van der Waals surface area contributed by atoms with E-state index in [9.17, 15) is 9.59 Å². The monoisotopic (exact) mass is 484 g/mol. The molecule has 1 aliphatic rings. The zero-order valence-electron chi connectivity index (χ0n) is 20.6. The molecule has 7 nitrogen and oxygen atoms in total. The summed E-state index contributed by atoms with van der Waals surface area (Å²) in [5.41, 5.74) is 1.52. The normalized spacial score (nSPS) is 13.6. The van der Waals surface area contributed by atoms with Crippen molar-refractivity contribution in [3.63, 3.8) is 0 Å². The molecule has 0 atom stereocenters. The van der Waals surface area contributed by atoms with Crippen LogP contribution in [0, 0.1) is 0 Å². The van der Waals surface area contributed by atoms with Gasteiger partial charge in [0.25, 0.3) is 5.91 Å². The SMILES string of the molecule is COc1cc(C(=O)N2CCN(c3cc4ccccc4c(=O)c4ccccc34)CC2)cc(OC)c1OC. The summed E-state index contributed by atoms with van der Waals surface area (Å²) in [5, 5.41) is 3.23. The summed E-state index contributed by atoms with van der Waals surface area (Å²) in [6, 6.07) is 20.9. The number of ether oxygens (including phenoxy) is 3. The van der Waals surface area contributed by atoms with Crippen LogP contribution >= 0.6 is 0 Å². The molecular formula is C29H28N2O5. The van der Waals surface area contributed by atoms with Crippen LogP contribution in [0.4, 0.5) is 5.69 Å². The van der Waals surface area contributed by atoms with E-state index in [1.54, 1.807) is 12.1 Å². The third-order valence-corrected chi connectivity index (χ3v) is 6.76. The minimum absolute atomic E-state index is 0.0312. The van der Waals surface area contributed by atoms with Crippen LogP contribution < -0.4 is 24.5 Å². The summed E-state index contributed by atoms with van der Waals surface area (Å²) >= 11 is 0. The third-order valence-electron chi connectivity index (χ3n) is 6.76. The number of piperazine rings is 1. The lowest BCUT2D eigenvalue weighted by Crippen LogP contribution is -2.48. The molecule has 0 saturated carbocycles. The van der Waals surface area contributed by atoms with Gasteiger partial charge in [0.15, 0.2) is 16.9 Å². The predicted octanol–water partition coefficient (Wildman–Crippen LogP) is 4.34. The van der Waals surface area contributed by atoms with Gasteiger partial charge in [-0.05, 0) is 23.6 Å². The maximum atomic E-state index is 13.4. The number of hydrogen-bond donors (Lipinski definition) is 0. The van der Waals surface area contributed by atoms with Crippen LogP contribution in [0.1, 0.15) is 10.4 Å². The smallest absolute Gasteiger partial charge is 0.254 e. The first-order chi connectivity index (χ1) is 17.5. The van der Waals surface area contributed by atoms with Crippen molar-refractivity contribution >= 4 is 33.1 Å². The van der Waals surface area contributed by atoms with Crippen LogP contribution in [0.25, 0.3) is 21.5 Å². The molecule has 4 aromatic carbocycles. The molecule has 184 valence electrons. The number of carbonyl (C=O) groups excluding carboxylic acids is 1. The Morgan fingerprint density at radius 3 is 1.92 bits per heavy atom. The zero-order chi connectivity index (χ0) is 25.2. The lowest BCUT2D eigenvalue weighted by Gasteiger charge is -2.36. The quantitative estimate of drug-likeness (QED) is 0.420. The molecule has 1 heterocycles. The number of rotatable bonds is 5. The number of benzene rings is 3. The van der Waals surface area contributed by atoms with Gasteiger partial charge < -0.3 is 24.0 Å². The maximum Gasteiger partial charge on any atom is 0.254 e. The van der Waals surface area contributed by atoms with E-state index < -0.39 is 0 Å². The Hall–Kier alpha value is -4.26. The molecule has 7 heteroatoms. The van der Waals surface area contributed by atoms with Crippen LogP contribution in [0.5, 0.6) is 17.2 Å². The van der Waals surface area contributed by atoms with Crippen LogP contribution in [0.15, 0.2) is 71.5 Å². The Balaban J connectivity index is 1.46. The van der Waals surface area contributed by atoms with Gasteiger partial charge in [-0.15, -0.1) is 0 Å². The fourth-order valence-electron chi connectivity index (χ4n) is 4.90. The van der Waals surface area contributed by atoms with E-state index in [2.05, 4.69) is 11.0 Å². The average Bonchev–Trinajstić information content (AvgIpc) is 3.06. The van der Waals surface area contributed by atoms with Crippen LogP contribution in [-0.2, 0) is 0 Å². The Morgan fingerprint density at radius 1 is 0.722 bits per heavy atom. The van der Waals surface area contributed by atoms with Crippen molar-refractivity contribution in [1.29, 1.82) is 0 Å². The Bertz CT molecular complexity index is 1480. The molecular weight excluding hydrogens is 456 g/mol. The fraction of sp³-hybridized carbons (Fsp3) is 0.241. The Morgan fingerprint density at radius 2 is 1.31 bits per heavy atom. The molecule has 0 unspecified atom stereocenters. The van der Waals surface area contributed by atoms with E-state index in [0.29, 0.717) is 59.8 Å². The lowest BCUT2D eigenvalue weighted by molar-refractivity contribution is 0.0746. The van der Waals surface area contributed by atoms with E-state index in [-0.39, 0.29) is 11.3 Å². The number of anilines is 1. The van der Waals surface area contributed by atoms with E-state index in [1.165, 1.54) is 21.3 Å². The molecule has 1 aliphatic heterocycles. The molecule has 36 heavy (non-hydrogen) atoms. The Kier molecular flexibility index (Phi) is 6.38. The highest BCUT2D eigenvalue weighted by molar-refractivity contribution is 6.01. The molecule has 0 radical (unpaired) electrons.